The molecule has 0 saturated carbocycles. The van der Waals surface area contributed by atoms with E-state index in [-0.39, 0.29) is 6.04 Å². The third-order valence-corrected chi connectivity index (χ3v) is 3.84. The summed E-state index contributed by atoms with van der Waals surface area (Å²) in [7, 11) is 0. The van der Waals surface area contributed by atoms with Crippen LogP contribution < -0.4 is 4.90 Å². The molecule has 3 nitrogen and oxygen atoms in total. The molecule has 0 amide bonds. The van der Waals surface area contributed by atoms with Gasteiger partial charge in [-0.05, 0) is 49.4 Å². The van der Waals surface area contributed by atoms with E-state index < -0.39 is 0 Å². The molecule has 3 rings (SSSR count). The Bertz CT molecular complexity index is 456. The summed E-state index contributed by atoms with van der Waals surface area (Å²) in [5.41, 5.74) is 4.38. The van der Waals surface area contributed by atoms with E-state index in [1.807, 2.05) is 0 Å². The summed E-state index contributed by atoms with van der Waals surface area (Å²) < 4.78 is 5.07. The number of fused-ring (bicyclic) bond motifs is 1. The Morgan fingerprint density at radius 1 is 1.39 bits per heavy atom. The summed E-state index contributed by atoms with van der Waals surface area (Å²) in [6.07, 6.45) is 6.38. The Morgan fingerprint density at radius 2 is 2.28 bits per heavy atom. The summed E-state index contributed by atoms with van der Waals surface area (Å²) in [6, 6.07) is 7.13. The van der Waals surface area contributed by atoms with Crippen molar-refractivity contribution in [2.24, 2.45) is 4.99 Å². The van der Waals surface area contributed by atoms with E-state index in [0.29, 0.717) is 6.61 Å². The first-order valence-corrected chi connectivity index (χ1v) is 6.80. The van der Waals surface area contributed by atoms with Gasteiger partial charge in [0, 0.05) is 18.8 Å². The zero-order valence-corrected chi connectivity index (χ0v) is 10.9. The molecule has 3 heteroatoms. The van der Waals surface area contributed by atoms with Crippen LogP contribution >= 0.6 is 0 Å². The highest BCUT2D eigenvalue weighted by Gasteiger charge is 2.18. The average molecular weight is 243 g/mol. The first-order chi connectivity index (χ1) is 8.86. The van der Waals surface area contributed by atoms with Crippen LogP contribution in [0.2, 0.25) is 0 Å². The summed E-state index contributed by atoms with van der Waals surface area (Å²) in [5, 5.41) is 0. The second-order valence-corrected chi connectivity index (χ2v) is 5.03. The fourth-order valence-corrected chi connectivity index (χ4v) is 2.80. The largest absolute Gasteiger partial charge is 0.472 e. The monoisotopic (exact) mass is 243 g/mol. The highest BCUT2D eigenvalue weighted by atomic mass is 16.5. The molecule has 0 N–H and O–H groups in total. The maximum Gasteiger partial charge on any atom is 0.273 e. The molecule has 1 heterocycles. The zero-order chi connectivity index (χ0) is 12.4. The number of aliphatic imine (C=N–C) groups is 1. The second-order valence-electron chi connectivity index (χ2n) is 5.03. The van der Waals surface area contributed by atoms with Crippen molar-refractivity contribution in [3.63, 3.8) is 0 Å². The van der Waals surface area contributed by atoms with Crippen molar-refractivity contribution in [3.8, 4) is 0 Å². The molecule has 1 unspecified atom stereocenters. The summed E-state index contributed by atoms with van der Waals surface area (Å²) in [4.78, 5) is 6.59. The number of aryl methyl sites for hydroxylation is 2. The van der Waals surface area contributed by atoms with Gasteiger partial charge in [-0.1, -0.05) is 6.07 Å². The predicted molar refractivity (Wildman–Crippen MR) is 73.5 cm³/mol. The Labute approximate surface area is 108 Å². The number of benzene rings is 1. The van der Waals surface area contributed by atoms with E-state index in [1.54, 1.807) is 0 Å². The van der Waals surface area contributed by atoms with Crippen molar-refractivity contribution in [1.82, 2.24) is 0 Å². The van der Waals surface area contributed by atoms with E-state index in [4.69, 9.17) is 4.74 Å². The number of hydrogen-bond acceptors (Lipinski definition) is 3. The Kier molecular flexibility index (Phi) is 3.22. The van der Waals surface area contributed by atoms with Crippen molar-refractivity contribution in [3.05, 3.63) is 29.3 Å². The van der Waals surface area contributed by atoms with Crippen molar-refractivity contribution in [2.45, 2.75) is 32.2 Å². The quantitative estimate of drug-likeness (QED) is 0.810. The molecule has 0 spiro atoms. The molecule has 1 radical (unpaired) electrons. The van der Waals surface area contributed by atoms with E-state index in [1.165, 1.54) is 36.1 Å². The topological polar surface area (TPSA) is 24.8 Å². The number of ether oxygens (including phenoxy) is 1. The van der Waals surface area contributed by atoms with Gasteiger partial charge < -0.3 is 9.64 Å². The molecule has 0 fully saturated rings. The van der Waals surface area contributed by atoms with E-state index in [9.17, 15) is 0 Å². The van der Waals surface area contributed by atoms with Crippen molar-refractivity contribution >= 4 is 12.1 Å². The Morgan fingerprint density at radius 3 is 3.06 bits per heavy atom. The predicted octanol–water partition coefficient (Wildman–Crippen LogP) is 2.31. The lowest BCUT2D eigenvalue weighted by Crippen LogP contribution is -2.32. The van der Waals surface area contributed by atoms with Crippen molar-refractivity contribution in [1.29, 1.82) is 0 Å². The van der Waals surface area contributed by atoms with Crippen LogP contribution in [0.15, 0.2) is 23.2 Å². The fourth-order valence-electron chi connectivity index (χ4n) is 2.80. The molecule has 1 aromatic rings. The number of nitrogens with zero attached hydrogens (tertiary/aromatic N) is 2. The van der Waals surface area contributed by atoms with Gasteiger partial charge in [0.25, 0.3) is 6.40 Å². The maximum absolute atomic E-state index is 5.07. The maximum atomic E-state index is 5.07. The molecule has 1 aliphatic carbocycles. The van der Waals surface area contributed by atoms with Gasteiger partial charge in [0.05, 0.1) is 0 Å². The molecule has 0 saturated heterocycles. The summed E-state index contributed by atoms with van der Waals surface area (Å²) in [5.74, 6) is 0. The summed E-state index contributed by atoms with van der Waals surface area (Å²) in [6.45, 7) is 4.78. The van der Waals surface area contributed by atoms with Crippen LogP contribution in [-0.4, -0.2) is 32.1 Å². The van der Waals surface area contributed by atoms with E-state index in [0.717, 1.165) is 13.1 Å². The number of rotatable bonds is 4. The smallest absolute Gasteiger partial charge is 0.273 e. The van der Waals surface area contributed by atoms with E-state index >= 15 is 0 Å². The third-order valence-electron chi connectivity index (χ3n) is 3.84. The molecule has 1 aliphatic heterocycles. The number of anilines is 1. The van der Waals surface area contributed by atoms with Crippen LogP contribution in [0.3, 0.4) is 0 Å². The number of likely N-dealkylation sites (N-methyl/N-ethyl adjacent to an activating group) is 1. The molecule has 1 aromatic carbocycles. The highest BCUT2D eigenvalue weighted by Crippen LogP contribution is 2.27. The lowest BCUT2D eigenvalue weighted by molar-refractivity contribution is 0.328. The van der Waals surface area contributed by atoms with Crippen LogP contribution in [0.4, 0.5) is 5.69 Å². The zero-order valence-electron chi connectivity index (χ0n) is 10.9. The van der Waals surface area contributed by atoms with Crippen LogP contribution in [0.1, 0.15) is 24.5 Å². The molecule has 18 heavy (non-hydrogen) atoms. The highest BCUT2D eigenvalue weighted by molar-refractivity contribution is 5.53. The first-order valence-electron chi connectivity index (χ1n) is 6.80. The molecule has 95 valence electrons. The normalized spacial score (nSPS) is 20.8. The van der Waals surface area contributed by atoms with Crippen LogP contribution in [0.25, 0.3) is 0 Å². The van der Waals surface area contributed by atoms with Gasteiger partial charge in [-0.15, -0.1) is 0 Å². The van der Waals surface area contributed by atoms with Gasteiger partial charge in [-0.2, -0.15) is 0 Å². The SMILES string of the molecule is CCN(CC1CO[C]=N1)c1ccc2c(c1)CCC2. The fraction of sp³-hybridized carbons (Fsp3) is 0.533. The minimum Gasteiger partial charge on any atom is -0.472 e. The van der Waals surface area contributed by atoms with Crippen molar-refractivity contribution in [2.75, 3.05) is 24.6 Å². The Balaban J connectivity index is 1.76. The average Bonchev–Trinajstić information content (AvgIpc) is 3.06. The standard InChI is InChI=1S/C15H19N2O/c1-2-17(9-14-10-18-11-16-14)15-7-6-12-4-3-5-13(12)8-15/h6-8,14H,2-5,9-10H2,1H3. The second kappa shape index (κ2) is 5.01. The number of hydrogen-bond donors (Lipinski definition) is 0. The van der Waals surface area contributed by atoms with Gasteiger partial charge in [0.1, 0.15) is 12.6 Å². The molecular formula is C15H19N2O. The van der Waals surface area contributed by atoms with Crippen LogP contribution in [0, 0.1) is 0 Å². The Hall–Kier alpha value is -1.51. The van der Waals surface area contributed by atoms with Crippen LogP contribution in [0.5, 0.6) is 0 Å². The van der Waals surface area contributed by atoms with Gasteiger partial charge in [0.2, 0.25) is 0 Å². The lowest BCUT2D eigenvalue weighted by atomic mass is 10.1. The first kappa shape index (κ1) is 11.6. The third kappa shape index (κ3) is 2.22. The van der Waals surface area contributed by atoms with Crippen molar-refractivity contribution < 1.29 is 4.74 Å². The minimum absolute atomic E-state index is 0.234. The molecule has 1 atom stereocenters. The lowest BCUT2D eigenvalue weighted by Gasteiger charge is -2.25. The molecule has 0 bridgehead atoms. The van der Waals surface area contributed by atoms with Gasteiger partial charge in [-0.3, -0.25) is 0 Å². The van der Waals surface area contributed by atoms with Gasteiger partial charge in [-0.25, -0.2) is 4.99 Å². The molecule has 2 aliphatic rings. The van der Waals surface area contributed by atoms with Crippen LogP contribution in [-0.2, 0) is 17.6 Å². The molecular weight excluding hydrogens is 224 g/mol. The minimum atomic E-state index is 0.234. The van der Waals surface area contributed by atoms with Gasteiger partial charge in [0.15, 0.2) is 0 Å². The van der Waals surface area contributed by atoms with Gasteiger partial charge >= 0.3 is 0 Å². The summed E-state index contributed by atoms with van der Waals surface area (Å²) >= 11 is 0. The van der Waals surface area contributed by atoms with E-state index in [2.05, 4.69) is 41.4 Å². The molecule has 0 aromatic heterocycles.